The minimum absolute atomic E-state index is 0.143. The molecule has 0 bridgehead atoms. The van der Waals surface area contributed by atoms with Gasteiger partial charge in [0.25, 0.3) is 0 Å². The van der Waals surface area contributed by atoms with E-state index in [2.05, 4.69) is 20.7 Å². The Labute approximate surface area is 146 Å². The lowest BCUT2D eigenvalue weighted by Gasteiger charge is -2.29. The molecule has 1 fully saturated rings. The van der Waals surface area contributed by atoms with Gasteiger partial charge in [0.15, 0.2) is 0 Å². The molecule has 7 nitrogen and oxygen atoms in total. The number of benzene rings is 1. The van der Waals surface area contributed by atoms with Gasteiger partial charge in [-0.1, -0.05) is 6.92 Å². The molecule has 0 radical (unpaired) electrons. The van der Waals surface area contributed by atoms with Crippen molar-refractivity contribution < 1.29 is 14.3 Å². The van der Waals surface area contributed by atoms with Gasteiger partial charge in [-0.3, -0.25) is 9.36 Å². The number of fused-ring (bicyclic) bond motifs is 1. The Kier molecular flexibility index (Phi) is 5.33. The van der Waals surface area contributed by atoms with E-state index in [1.54, 1.807) is 4.57 Å². The lowest BCUT2D eigenvalue weighted by atomic mass is 10.1. The highest BCUT2D eigenvalue weighted by atomic mass is 16.5. The number of rotatable bonds is 5. The minimum atomic E-state index is -0.343. The number of nitrogens with zero attached hydrogens (tertiary/aromatic N) is 3. The zero-order valence-corrected chi connectivity index (χ0v) is 14.7. The first-order chi connectivity index (χ1) is 12.1. The van der Waals surface area contributed by atoms with E-state index in [1.165, 1.54) is 7.11 Å². The number of anilines is 1. The number of aromatic nitrogens is 2. The highest BCUT2D eigenvalue weighted by molar-refractivity contribution is 5.85. The summed E-state index contributed by atoms with van der Waals surface area (Å²) in [7, 11) is 1.34. The third kappa shape index (κ3) is 3.66. The number of carbonyl (C=O) groups excluding carboxylic acids is 1. The van der Waals surface area contributed by atoms with Gasteiger partial charge < -0.3 is 14.4 Å². The van der Waals surface area contributed by atoms with Crippen LogP contribution >= 0.6 is 0 Å². The molecule has 0 aliphatic carbocycles. The molecule has 1 aliphatic rings. The van der Waals surface area contributed by atoms with E-state index in [0.29, 0.717) is 6.42 Å². The van der Waals surface area contributed by atoms with Gasteiger partial charge in [-0.05, 0) is 24.6 Å². The molecule has 25 heavy (non-hydrogen) atoms. The normalized spacial score (nSPS) is 14.7. The number of aryl methyl sites for hydroxylation is 2. The number of esters is 1. The van der Waals surface area contributed by atoms with E-state index in [0.717, 1.165) is 48.6 Å². The van der Waals surface area contributed by atoms with E-state index < -0.39 is 0 Å². The fraction of sp³-hybridized carbons (Fsp3) is 0.500. The van der Waals surface area contributed by atoms with Gasteiger partial charge in [-0.25, -0.2) is 4.79 Å². The first kappa shape index (κ1) is 17.4. The van der Waals surface area contributed by atoms with Crippen molar-refractivity contribution in [2.24, 2.45) is 0 Å². The zero-order valence-electron chi connectivity index (χ0n) is 14.7. The van der Waals surface area contributed by atoms with Crippen LogP contribution in [0.5, 0.6) is 0 Å². The maximum atomic E-state index is 12.4. The Balaban J connectivity index is 2.03. The van der Waals surface area contributed by atoms with Crippen molar-refractivity contribution in [1.82, 2.24) is 9.55 Å². The summed E-state index contributed by atoms with van der Waals surface area (Å²) in [5.74, 6) is -0.343. The average Bonchev–Trinajstić information content (AvgIpc) is 2.66. The van der Waals surface area contributed by atoms with Crippen LogP contribution in [0.2, 0.25) is 0 Å². The highest BCUT2D eigenvalue weighted by Crippen LogP contribution is 2.24. The molecular formula is C18H23N3O4. The van der Waals surface area contributed by atoms with Crippen LogP contribution in [0.1, 0.15) is 19.0 Å². The van der Waals surface area contributed by atoms with E-state index in [9.17, 15) is 9.59 Å². The number of hydrogen-bond acceptors (Lipinski definition) is 6. The second kappa shape index (κ2) is 7.65. The Hall–Kier alpha value is -2.41. The first-order valence-electron chi connectivity index (χ1n) is 8.57. The van der Waals surface area contributed by atoms with Crippen LogP contribution in [0, 0.1) is 0 Å². The van der Waals surface area contributed by atoms with Crippen molar-refractivity contribution in [3.05, 3.63) is 34.4 Å². The van der Waals surface area contributed by atoms with E-state index in [1.807, 2.05) is 19.1 Å². The molecule has 3 rings (SSSR count). The smallest absolute Gasteiger partial charge is 0.348 e. The summed E-state index contributed by atoms with van der Waals surface area (Å²) in [6.45, 7) is 5.38. The van der Waals surface area contributed by atoms with Gasteiger partial charge in [-0.15, -0.1) is 0 Å². The fourth-order valence-electron chi connectivity index (χ4n) is 3.14. The van der Waals surface area contributed by atoms with Crippen molar-refractivity contribution in [1.29, 1.82) is 0 Å². The lowest BCUT2D eigenvalue weighted by molar-refractivity contribution is -0.140. The van der Waals surface area contributed by atoms with Gasteiger partial charge in [0.2, 0.25) is 0 Å². The van der Waals surface area contributed by atoms with Crippen molar-refractivity contribution >= 4 is 22.6 Å². The number of methoxy groups -OCH3 is 1. The Morgan fingerprint density at radius 2 is 2.08 bits per heavy atom. The molecule has 0 amide bonds. The van der Waals surface area contributed by atoms with E-state index in [4.69, 9.17) is 4.74 Å². The molecule has 1 aromatic carbocycles. The van der Waals surface area contributed by atoms with E-state index >= 15 is 0 Å². The Bertz CT molecular complexity index is 825. The summed E-state index contributed by atoms with van der Waals surface area (Å²) < 4.78 is 11.6. The number of carbonyl (C=O) groups is 1. The average molecular weight is 345 g/mol. The summed E-state index contributed by atoms with van der Waals surface area (Å²) in [5.41, 5.74) is 2.36. The summed E-state index contributed by atoms with van der Waals surface area (Å²) in [5, 5.41) is 0.955. The highest BCUT2D eigenvalue weighted by Gasteiger charge is 2.15. The molecule has 0 atom stereocenters. The predicted octanol–water partition coefficient (Wildman–Crippen LogP) is 1.36. The summed E-state index contributed by atoms with van der Waals surface area (Å²) in [4.78, 5) is 30.3. The van der Waals surface area contributed by atoms with Crippen LogP contribution in [0.4, 0.5) is 5.69 Å². The summed E-state index contributed by atoms with van der Waals surface area (Å²) >= 11 is 0. The largest absolute Gasteiger partial charge is 0.469 e. The predicted molar refractivity (Wildman–Crippen MR) is 95.0 cm³/mol. The van der Waals surface area contributed by atoms with Crippen LogP contribution in [0.3, 0.4) is 0 Å². The number of morpholine rings is 1. The quantitative estimate of drug-likeness (QED) is 0.762. The molecule has 7 heteroatoms. The van der Waals surface area contributed by atoms with Crippen molar-refractivity contribution in [2.75, 3.05) is 38.3 Å². The fourth-order valence-corrected chi connectivity index (χ4v) is 3.14. The van der Waals surface area contributed by atoms with Gasteiger partial charge in [0.05, 0.1) is 38.0 Å². The van der Waals surface area contributed by atoms with Crippen LogP contribution in [0.15, 0.2) is 23.0 Å². The van der Waals surface area contributed by atoms with Crippen molar-refractivity contribution in [2.45, 2.75) is 26.3 Å². The first-order valence-corrected chi connectivity index (χ1v) is 8.57. The van der Waals surface area contributed by atoms with Gasteiger partial charge in [-0.2, -0.15) is 4.98 Å². The molecule has 134 valence electrons. The number of hydrogen-bond donors (Lipinski definition) is 0. The topological polar surface area (TPSA) is 73.7 Å². The van der Waals surface area contributed by atoms with E-state index in [-0.39, 0.29) is 24.6 Å². The molecule has 1 aliphatic heterocycles. The van der Waals surface area contributed by atoms with Crippen molar-refractivity contribution in [3.63, 3.8) is 0 Å². The standard InChI is InChI=1S/C18H23N3O4/c1-3-15-14-12-13(20-8-10-25-11-9-20)4-5-16(14)21(18(23)19-15)7-6-17(22)24-2/h4-5,12H,3,6-11H2,1-2H3. The molecule has 2 aromatic rings. The molecule has 0 unspecified atom stereocenters. The van der Waals surface area contributed by atoms with Crippen LogP contribution in [-0.4, -0.2) is 48.9 Å². The maximum absolute atomic E-state index is 12.4. The molecule has 1 aromatic heterocycles. The third-order valence-electron chi connectivity index (χ3n) is 4.52. The second-order valence-corrected chi connectivity index (χ2v) is 5.97. The monoisotopic (exact) mass is 345 g/mol. The zero-order chi connectivity index (χ0) is 17.8. The number of ether oxygens (including phenoxy) is 2. The molecule has 2 heterocycles. The minimum Gasteiger partial charge on any atom is -0.469 e. The molecule has 0 saturated carbocycles. The Morgan fingerprint density at radius 3 is 2.76 bits per heavy atom. The summed E-state index contributed by atoms with van der Waals surface area (Å²) in [6, 6.07) is 6.04. The van der Waals surface area contributed by atoms with Gasteiger partial charge in [0, 0.05) is 30.7 Å². The van der Waals surface area contributed by atoms with Gasteiger partial charge >= 0.3 is 11.7 Å². The molecule has 1 saturated heterocycles. The second-order valence-electron chi connectivity index (χ2n) is 5.97. The lowest BCUT2D eigenvalue weighted by Crippen LogP contribution is -2.36. The molecular weight excluding hydrogens is 322 g/mol. The van der Waals surface area contributed by atoms with Crippen LogP contribution in [-0.2, 0) is 27.2 Å². The van der Waals surface area contributed by atoms with Crippen LogP contribution < -0.4 is 10.6 Å². The Morgan fingerprint density at radius 1 is 1.32 bits per heavy atom. The van der Waals surface area contributed by atoms with Gasteiger partial charge in [0.1, 0.15) is 0 Å². The third-order valence-corrected chi connectivity index (χ3v) is 4.52. The van der Waals surface area contributed by atoms with Crippen molar-refractivity contribution in [3.8, 4) is 0 Å². The maximum Gasteiger partial charge on any atom is 0.348 e. The SMILES string of the molecule is CCc1nc(=O)n(CCC(=O)OC)c2ccc(N3CCOCC3)cc12. The molecule has 0 N–H and O–H groups in total. The summed E-state index contributed by atoms with van der Waals surface area (Å²) in [6.07, 6.45) is 0.819. The molecule has 0 spiro atoms. The van der Waals surface area contributed by atoms with Crippen LogP contribution in [0.25, 0.3) is 10.9 Å².